The van der Waals surface area contributed by atoms with E-state index in [4.69, 9.17) is 13.9 Å². The van der Waals surface area contributed by atoms with Crippen molar-refractivity contribution in [3.05, 3.63) is 24.6 Å². The van der Waals surface area contributed by atoms with Crippen LogP contribution in [-0.4, -0.2) is 16.7 Å². The van der Waals surface area contributed by atoms with Crippen molar-refractivity contribution in [2.75, 3.05) is 0 Å². The van der Waals surface area contributed by atoms with E-state index >= 15 is 0 Å². The van der Waals surface area contributed by atoms with Gasteiger partial charge in [-0.1, -0.05) is 0 Å². The highest BCUT2D eigenvalue weighted by molar-refractivity contribution is 5.75. The number of aromatic nitrogens is 1. The molecule has 1 aromatic heterocycles. The number of carbonyl (C=O) groups is 1. The molecular weight excluding hydrogens is 222 g/mol. The van der Waals surface area contributed by atoms with E-state index in [9.17, 15) is 4.79 Å². The van der Waals surface area contributed by atoms with Crippen LogP contribution in [0, 0.1) is 0 Å². The Balaban J connectivity index is 2.10. The van der Waals surface area contributed by atoms with E-state index in [-0.39, 0.29) is 0 Å². The summed E-state index contributed by atoms with van der Waals surface area (Å²) in [5.41, 5.74) is 0.697. The van der Waals surface area contributed by atoms with Crippen molar-refractivity contribution >= 4 is 17.3 Å². The summed E-state index contributed by atoms with van der Waals surface area (Å²) in [6.45, 7) is 5.32. The first kappa shape index (κ1) is 11.4. The van der Waals surface area contributed by atoms with Gasteiger partial charge in [0.05, 0.1) is 0 Å². The van der Waals surface area contributed by atoms with E-state index in [0.717, 1.165) is 0 Å². The molecule has 1 aromatic carbocycles. The number of benzene rings is 1. The number of rotatable bonds is 1. The SMILES string of the molecule is CC(C)(C)OC(=O)Oc1ccc2ocnc2c1. The van der Waals surface area contributed by atoms with Crippen molar-refractivity contribution in [1.82, 2.24) is 4.98 Å². The van der Waals surface area contributed by atoms with Crippen LogP contribution >= 0.6 is 0 Å². The summed E-state index contributed by atoms with van der Waals surface area (Å²) < 4.78 is 15.1. The molecule has 0 aliphatic rings. The Hall–Kier alpha value is -2.04. The standard InChI is InChI=1S/C12H13NO4/c1-12(2,3)17-11(14)16-8-4-5-10-9(6-8)13-7-15-10/h4-7H,1-3H3. The first-order valence-electron chi connectivity index (χ1n) is 5.18. The zero-order valence-electron chi connectivity index (χ0n) is 9.89. The maximum Gasteiger partial charge on any atom is 0.514 e. The first-order chi connectivity index (χ1) is 7.94. The van der Waals surface area contributed by atoms with Crippen LogP contribution < -0.4 is 4.74 Å². The largest absolute Gasteiger partial charge is 0.514 e. The fourth-order valence-corrected chi connectivity index (χ4v) is 1.27. The highest BCUT2D eigenvalue weighted by Gasteiger charge is 2.18. The second-order valence-corrected chi connectivity index (χ2v) is 4.55. The summed E-state index contributed by atoms with van der Waals surface area (Å²) in [5.74, 6) is 0.376. The van der Waals surface area contributed by atoms with Crippen LogP contribution in [0.3, 0.4) is 0 Å². The minimum absolute atomic E-state index is 0.376. The van der Waals surface area contributed by atoms with Crippen LogP contribution in [0.15, 0.2) is 29.0 Å². The fourth-order valence-electron chi connectivity index (χ4n) is 1.27. The molecule has 0 saturated heterocycles. The predicted octanol–water partition coefficient (Wildman–Crippen LogP) is 3.14. The van der Waals surface area contributed by atoms with Crippen LogP contribution in [0.2, 0.25) is 0 Å². The van der Waals surface area contributed by atoms with Gasteiger partial charge in [0, 0.05) is 6.07 Å². The summed E-state index contributed by atoms with van der Waals surface area (Å²) in [5, 5.41) is 0. The molecule has 2 aromatic rings. The molecule has 0 unspecified atom stereocenters. The monoisotopic (exact) mass is 235 g/mol. The highest BCUT2D eigenvalue weighted by atomic mass is 16.7. The third-order valence-corrected chi connectivity index (χ3v) is 1.89. The number of ether oxygens (including phenoxy) is 2. The average Bonchev–Trinajstić information content (AvgIpc) is 2.61. The van der Waals surface area contributed by atoms with Crippen molar-refractivity contribution in [2.45, 2.75) is 26.4 Å². The molecule has 0 spiro atoms. The van der Waals surface area contributed by atoms with Gasteiger partial charge >= 0.3 is 6.16 Å². The zero-order chi connectivity index (χ0) is 12.5. The van der Waals surface area contributed by atoms with Crippen LogP contribution in [0.25, 0.3) is 11.1 Å². The second-order valence-electron chi connectivity index (χ2n) is 4.55. The molecule has 0 amide bonds. The minimum Gasteiger partial charge on any atom is -0.443 e. The fraction of sp³-hybridized carbons (Fsp3) is 0.333. The van der Waals surface area contributed by atoms with Crippen LogP contribution in [-0.2, 0) is 4.74 Å². The molecular formula is C12H13NO4. The molecule has 17 heavy (non-hydrogen) atoms. The van der Waals surface area contributed by atoms with Gasteiger partial charge in [-0.3, -0.25) is 0 Å². The van der Waals surface area contributed by atoms with Crippen LogP contribution in [0.5, 0.6) is 5.75 Å². The average molecular weight is 235 g/mol. The molecule has 0 aliphatic heterocycles. The number of hydrogen-bond acceptors (Lipinski definition) is 5. The molecule has 90 valence electrons. The third-order valence-electron chi connectivity index (χ3n) is 1.89. The molecule has 0 fully saturated rings. The topological polar surface area (TPSA) is 61.6 Å². The van der Waals surface area contributed by atoms with Crippen molar-refractivity contribution < 1.29 is 18.7 Å². The maximum atomic E-state index is 11.4. The second kappa shape index (κ2) is 4.08. The molecule has 5 nitrogen and oxygen atoms in total. The molecule has 5 heteroatoms. The molecule has 2 rings (SSSR count). The van der Waals surface area contributed by atoms with E-state index in [1.54, 1.807) is 39.0 Å². The summed E-state index contributed by atoms with van der Waals surface area (Å²) >= 11 is 0. The van der Waals surface area contributed by atoms with E-state index in [1.165, 1.54) is 6.39 Å². The molecule has 0 N–H and O–H groups in total. The lowest BCUT2D eigenvalue weighted by atomic mass is 10.2. The maximum absolute atomic E-state index is 11.4. The lowest BCUT2D eigenvalue weighted by molar-refractivity contribution is 0.0206. The van der Waals surface area contributed by atoms with E-state index in [0.29, 0.717) is 16.8 Å². The number of oxazole rings is 1. The Morgan fingerprint density at radius 2 is 2.12 bits per heavy atom. The number of nitrogens with zero attached hydrogens (tertiary/aromatic N) is 1. The van der Waals surface area contributed by atoms with E-state index < -0.39 is 11.8 Å². The van der Waals surface area contributed by atoms with Gasteiger partial charge in [0.15, 0.2) is 12.0 Å². The van der Waals surface area contributed by atoms with Crippen LogP contribution in [0.1, 0.15) is 20.8 Å². The van der Waals surface area contributed by atoms with E-state index in [2.05, 4.69) is 4.98 Å². The third kappa shape index (κ3) is 2.96. The van der Waals surface area contributed by atoms with Gasteiger partial charge < -0.3 is 13.9 Å². The molecule has 0 bridgehead atoms. The molecule has 0 radical (unpaired) electrons. The van der Waals surface area contributed by atoms with Gasteiger partial charge in [-0.2, -0.15) is 0 Å². The molecule has 1 heterocycles. The lowest BCUT2D eigenvalue weighted by Crippen LogP contribution is -2.25. The Morgan fingerprint density at radius 1 is 1.35 bits per heavy atom. The van der Waals surface area contributed by atoms with E-state index in [1.807, 2.05) is 0 Å². The van der Waals surface area contributed by atoms with Gasteiger partial charge in [0.2, 0.25) is 0 Å². The summed E-state index contributed by atoms with van der Waals surface area (Å²) in [4.78, 5) is 15.4. The van der Waals surface area contributed by atoms with Crippen molar-refractivity contribution in [3.63, 3.8) is 0 Å². The van der Waals surface area contributed by atoms with Gasteiger partial charge in [0.1, 0.15) is 16.9 Å². The lowest BCUT2D eigenvalue weighted by Gasteiger charge is -2.18. The normalized spacial score (nSPS) is 11.5. The quantitative estimate of drug-likeness (QED) is 0.561. The Kier molecular flexibility index (Phi) is 2.75. The van der Waals surface area contributed by atoms with Gasteiger partial charge in [-0.15, -0.1) is 0 Å². The van der Waals surface area contributed by atoms with Gasteiger partial charge in [-0.05, 0) is 32.9 Å². The molecule has 0 atom stereocenters. The summed E-state index contributed by atoms with van der Waals surface area (Å²) in [7, 11) is 0. The Labute approximate surface area is 98.3 Å². The predicted molar refractivity (Wildman–Crippen MR) is 60.9 cm³/mol. The number of hydrogen-bond donors (Lipinski definition) is 0. The van der Waals surface area contributed by atoms with Crippen molar-refractivity contribution in [2.24, 2.45) is 0 Å². The number of fused-ring (bicyclic) bond motifs is 1. The minimum atomic E-state index is -0.736. The van der Waals surface area contributed by atoms with Crippen LogP contribution in [0.4, 0.5) is 4.79 Å². The zero-order valence-corrected chi connectivity index (χ0v) is 9.89. The highest BCUT2D eigenvalue weighted by Crippen LogP contribution is 2.20. The Bertz CT molecular complexity index is 539. The smallest absolute Gasteiger partial charge is 0.443 e. The Morgan fingerprint density at radius 3 is 2.82 bits per heavy atom. The van der Waals surface area contributed by atoms with Gasteiger partial charge in [0.25, 0.3) is 0 Å². The van der Waals surface area contributed by atoms with Gasteiger partial charge in [-0.25, -0.2) is 9.78 Å². The molecule has 0 saturated carbocycles. The van der Waals surface area contributed by atoms with Crippen molar-refractivity contribution in [1.29, 1.82) is 0 Å². The number of carbonyl (C=O) groups excluding carboxylic acids is 1. The van der Waals surface area contributed by atoms with Crippen molar-refractivity contribution in [3.8, 4) is 5.75 Å². The molecule has 0 aliphatic carbocycles. The first-order valence-corrected chi connectivity index (χ1v) is 5.18. The summed E-state index contributed by atoms with van der Waals surface area (Å²) in [6.07, 6.45) is 0.599. The summed E-state index contributed by atoms with van der Waals surface area (Å²) in [6, 6.07) is 4.92.